The summed E-state index contributed by atoms with van der Waals surface area (Å²) in [6.07, 6.45) is 7.45. The minimum atomic E-state index is -9.19. The van der Waals surface area contributed by atoms with E-state index in [2.05, 4.69) is 22.6 Å². The van der Waals surface area contributed by atoms with Gasteiger partial charge in [0.15, 0.2) is 3.92 Å². The van der Waals surface area contributed by atoms with Crippen LogP contribution in [0.15, 0.2) is 0 Å². The maximum absolute atomic E-state index is 9.91. The molecule has 13 heavy (non-hydrogen) atoms. The van der Waals surface area contributed by atoms with Gasteiger partial charge >= 0.3 is 34.4 Å². The fourth-order valence-corrected chi connectivity index (χ4v) is 2.02. The summed E-state index contributed by atoms with van der Waals surface area (Å²) in [7, 11) is 0. The van der Waals surface area contributed by atoms with Crippen LogP contribution in [0.2, 0.25) is 0 Å². The Balaban J connectivity index is 0.000000226. The van der Waals surface area contributed by atoms with Crippen molar-refractivity contribution in [1.82, 2.24) is 0 Å². The van der Waals surface area contributed by atoms with Crippen LogP contribution in [-0.4, -0.2) is 24.2 Å². The summed E-state index contributed by atoms with van der Waals surface area (Å²) >= 11 is -6.90. The SMILES string of the molecule is [F][Sb]([F])([F])([F])[F].[IH+]C1CCCCC1. The maximum atomic E-state index is 9.91. The van der Waals surface area contributed by atoms with Gasteiger partial charge in [0.25, 0.3) is 22.6 Å². The van der Waals surface area contributed by atoms with Gasteiger partial charge in [-0.1, -0.05) is 6.42 Å². The molecule has 0 bridgehead atoms. The minimum absolute atomic E-state index is 1.05. The Bertz CT molecular complexity index is 132. The van der Waals surface area contributed by atoms with E-state index in [1.807, 2.05) is 0 Å². The second-order valence-corrected chi connectivity index (χ2v) is 8.45. The van der Waals surface area contributed by atoms with Crippen LogP contribution >= 0.6 is 0 Å². The van der Waals surface area contributed by atoms with E-state index in [-0.39, 0.29) is 0 Å². The molecule has 1 aliphatic carbocycles. The molecule has 0 heterocycles. The van der Waals surface area contributed by atoms with Crippen molar-refractivity contribution >= 4 is 20.3 Å². The Morgan fingerprint density at radius 3 is 1.31 bits per heavy atom. The molecule has 0 atom stereocenters. The van der Waals surface area contributed by atoms with E-state index in [1.165, 1.54) is 32.1 Å². The van der Waals surface area contributed by atoms with Gasteiger partial charge in [0, 0.05) is 0 Å². The van der Waals surface area contributed by atoms with Gasteiger partial charge < -0.3 is 0 Å². The van der Waals surface area contributed by atoms with E-state index in [4.69, 9.17) is 0 Å². The van der Waals surface area contributed by atoms with Gasteiger partial charge in [0.05, 0.1) is 0 Å². The molecule has 0 unspecified atom stereocenters. The molecule has 0 aromatic carbocycles. The van der Waals surface area contributed by atoms with E-state index in [9.17, 15) is 14.1 Å². The topological polar surface area (TPSA) is 0 Å². The van der Waals surface area contributed by atoms with E-state index >= 15 is 0 Å². The summed E-state index contributed by atoms with van der Waals surface area (Å²) in [5.41, 5.74) is 0. The van der Waals surface area contributed by atoms with E-state index in [0.717, 1.165) is 3.92 Å². The van der Waals surface area contributed by atoms with Gasteiger partial charge in [-0.25, -0.2) is 0 Å². The van der Waals surface area contributed by atoms with E-state index in [0.29, 0.717) is 0 Å². The number of rotatable bonds is 0. The van der Waals surface area contributed by atoms with Crippen LogP contribution in [0.25, 0.3) is 0 Å². The average Bonchev–Trinajstić information content (AvgIpc) is 1.83. The van der Waals surface area contributed by atoms with Crippen LogP contribution in [0.1, 0.15) is 32.1 Å². The Morgan fingerprint density at radius 2 is 1.15 bits per heavy atom. The molecule has 0 nitrogen and oxygen atoms in total. The monoisotopic (exact) mass is 427 g/mol. The first-order valence-corrected chi connectivity index (χ1v) is 10.1. The van der Waals surface area contributed by atoms with Crippen LogP contribution in [-0.2, 0) is 0 Å². The predicted molar refractivity (Wildman–Crippen MR) is 39.6 cm³/mol. The smallest absolute Gasteiger partial charge is 0.0530 e. The molecule has 1 rings (SSSR count). The molecule has 0 radical (unpaired) electrons. The average molecular weight is 428 g/mol. The van der Waals surface area contributed by atoms with Crippen molar-refractivity contribution in [3.05, 3.63) is 0 Å². The molecule has 0 amide bonds. The van der Waals surface area contributed by atoms with Crippen molar-refractivity contribution in [2.24, 2.45) is 0 Å². The van der Waals surface area contributed by atoms with Crippen molar-refractivity contribution < 1.29 is 36.7 Å². The largest absolute Gasteiger partial charge is 0.255 e. The first-order valence-electron chi connectivity index (χ1n) is 3.90. The van der Waals surface area contributed by atoms with Gasteiger partial charge in [-0.15, -0.1) is 0 Å². The maximum Gasteiger partial charge on any atom is 0.255 e. The van der Waals surface area contributed by atoms with Gasteiger partial charge in [0.1, 0.15) is 0 Å². The zero-order valence-electron chi connectivity index (χ0n) is 6.86. The zero-order valence-corrected chi connectivity index (χ0v) is 11.7. The van der Waals surface area contributed by atoms with Crippen LogP contribution in [0.3, 0.4) is 0 Å². The Hall–Kier alpha value is 1.20. The first kappa shape index (κ1) is 14.2. The number of hydrogen-bond acceptors (Lipinski definition) is 0. The van der Waals surface area contributed by atoms with E-state index in [1.54, 1.807) is 0 Å². The molecular formula is C6H12F5ISb+. The van der Waals surface area contributed by atoms with Crippen LogP contribution in [0, 0.1) is 0 Å². The second kappa shape index (κ2) is 5.33. The molecular weight excluding hydrogens is 416 g/mol. The third kappa shape index (κ3) is 19.6. The molecule has 0 N–H and O–H groups in total. The Kier molecular flexibility index (Phi) is 5.82. The van der Waals surface area contributed by atoms with Crippen molar-refractivity contribution in [3.8, 4) is 0 Å². The molecule has 0 aromatic rings. The zero-order chi connectivity index (χ0) is 10.6. The van der Waals surface area contributed by atoms with Crippen molar-refractivity contribution in [2.75, 3.05) is 0 Å². The summed E-state index contributed by atoms with van der Waals surface area (Å²) in [6, 6.07) is 0. The number of alkyl halides is 1. The summed E-state index contributed by atoms with van der Waals surface area (Å²) in [5.74, 6) is 0. The summed E-state index contributed by atoms with van der Waals surface area (Å²) in [6.45, 7) is 0. The standard InChI is InChI=1S/C6H12I.5FH.Sb/c7-6-4-2-1-3-5-6;;;;;;/h6-7H,1-5H2;5*1H;/q+1;;;;;;+5/p-5. The molecule has 1 aliphatic rings. The predicted octanol–water partition coefficient (Wildman–Crippen LogP) is 0.325. The van der Waals surface area contributed by atoms with Gasteiger partial charge in [0.2, 0.25) is 0 Å². The molecule has 0 aliphatic heterocycles. The molecule has 0 spiro atoms. The number of hydrogen-bond donors (Lipinski definition) is 0. The van der Waals surface area contributed by atoms with Crippen LogP contribution in [0.5, 0.6) is 0 Å². The number of halogens is 6. The fourth-order valence-electron chi connectivity index (χ4n) is 1.07. The molecule has 82 valence electrons. The third-order valence-corrected chi connectivity index (χ3v) is 2.90. The van der Waals surface area contributed by atoms with Crippen LogP contribution < -0.4 is 22.6 Å². The third-order valence-electron chi connectivity index (χ3n) is 1.55. The Labute approximate surface area is 92.4 Å². The molecule has 7 heteroatoms. The summed E-state index contributed by atoms with van der Waals surface area (Å²) in [5, 5.41) is 0. The van der Waals surface area contributed by atoms with Crippen LogP contribution in [0.4, 0.5) is 14.1 Å². The van der Waals surface area contributed by atoms with Crippen molar-refractivity contribution in [2.45, 2.75) is 36.0 Å². The molecule has 1 saturated carbocycles. The molecule has 0 saturated heterocycles. The Morgan fingerprint density at radius 1 is 0.846 bits per heavy atom. The van der Waals surface area contributed by atoms with Gasteiger partial charge in [-0.05, 0) is 25.7 Å². The van der Waals surface area contributed by atoms with E-state index < -0.39 is 20.3 Å². The molecule has 0 aromatic heterocycles. The second-order valence-electron chi connectivity index (χ2n) is 2.90. The van der Waals surface area contributed by atoms with Gasteiger partial charge in [-0.3, -0.25) is 0 Å². The first-order chi connectivity index (χ1) is 5.63. The summed E-state index contributed by atoms with van der Waals surface area (Å²) < 4.78 is 50.6. The van der Waals surface area contributed by atoms with Crippen molar-refractivity contribution in [1.29, 1.82) is 0 Å². The van der Waals surface area contributed by atoms with Crippen molar-refractivity contribution in [3.63, 3.8) is 0 Å². The quantitative estimate of drug-likeness (QED) is 0.226. The molecule has 1 fully saturated rings. The van der Waals surface area contributed by atoms with Gasteiger partial charge in [-0.2, -0.15) is 0 Å². The summed E-state index contributed by atoms with van der Waals surface area (Å²) in [4.78, 5) is 0. The normalized spacial score (nSPS) is 22.5. The fraction of sp³-hybridized carbons (Fsp3) is 1.00. The minimum Gasteiger partial charge on any atom is -0.0530 e.